The lowest BCUT2D eigenvalue weighted by Gasteiger charge is -2.55. The monoisotopic (exact) mass is 467 g/mol. The summed E-state index contributed by atoms with van der Waals surface area (Å²) in [6.07, 6.45) is 6.16. The molecule has 0 amide bonds. The van der Waals surface area contributed by atoms with Gasteiger partial charge >= 0.3 is 0 Å². The van der Waals surface area contributed by atoms with Gasteiger partial charge in [-0.25, -0.2) is 0 Å². The highest BCUT2D eigenvalue weighted by Gasteiger charge is 2.58. The van der Waals surface area contributed by atoms with Crippen LogP contribution in [0, 0.1) is 29.6 Å². The molecule has 4 rings (SSSR count). The van der Waals surface area contributed by atoms with Crippen molar-refractivity contribution in [2.75, 3.05) is 0 Å². The van der Waals surface area contributed by atoms with Crippen LogP contribution in [0.25, 0.3) is 11.1 Å². The van der Waals surface area contributed by atoms with Gasteiger partial charge in [-0.15, -0.1) is 0 Å². The van der Waals surface area contributed by atoms with Gasteiger partial charge in [-0.05, 0) is 68.1 Å². The smallest absolute Gasteiger partial charge is 0.262 e. The molecule has 2 aliphatic carbocycles. The SMILES string of the molecule is C/C=C/[C@@H]1[C@H]2C[C@@H](C)CC[C@@H]2[C@](C)(O)[C@@H](O)[C@H]1C(=O)c1c(O)c(-c2ccc(O)cc2)c[nH]c1=O. The predicted octanol–water partition coefficient (Wildman–Crippen LogP) is 3.62. The summed E-state index contributed by atoms with van der Waals surface area (Å²) in [5, 5.41) is 43.3. The van der Waals surface area contributed by atoms with Gasteiger partial charge in [0.2, 0.25) is 0 Å². The van der Waals surface area contributed by atoms with Crippen molar-refractivity contribution in [2.45, 2.75) is 51.7 Å². The molecular formula is C27H33NO6. The molecule has 1 aromatic carbocycles. The predicted molar refractivity (Wildman–Crippen MR) is 129 cm³/mol. The van der Waals surface area contributed by atoms with E-state index in [1.807, 2.05) is 19.1 Å². The zero-order valence-corrected chi connectivity index (χ0v) is 19.7. The molecule has 2 saturated carbocycles. The van der Waals surface area contributed by atoms with E-state index in [0.29, 0.717) is 11.5 Å². The molecular weight excluding hydrogens is 434 g/mol. The largest absolute Gasteiger partial charge is 0.508 e. The van der Waals surface area contributed by atoms with E-state index in [-0.39, 0.29) is 29.1 Å². The summed E-state index contributed by atoms with van der Waals surface area (Å²) in [5.41, 5.74) is -1.95. The summed E-state index contributed by atoms with van der Waals surface area (Å²) in [6, 6.07) is 6.01. The highest BCUT2D eigenvalue weighted by Crippen LogP contribution is 2.53. The average molecular weight is 468 g/mol. The van der Waals surface area contributed by atoms with E-state index in [2.05, 4.69) is 11.9 Å². The Hall–Kier alpha value is -2.90. The van der Waals surface area contributed by atoms with Crippen LogP contribution in [0.15, 0.2) is 47.4 Å². The Balaban J connectivity index is 1.83. The highest BCUT2D eigenvalue weighted by atomic mass is 16.3. The Bertz CT molecular complexity index is 1150. The first kappa shape index (κ1) is 24.2. The number of phenols is 1. The van der Waals surface area contributed by atoms with Crippen LogP contribution in [-0.4, -0.2) is 42.9 Å². The Morgan fingerprint density at radius 1 is 1.18 bits per heavy atom. The lowest BCUT2D eigenvalue weighted by atomic mass is 9.52. The van der Waals surface area contributed by atoms with Crippen LogP contribution in [0.3, 0.4) is 0 Å². The molecule has 0 unspecified atom stereocenters. The first-order chi connectivity index (χ1) is 16.1. The lowest BCUT2D eigenvalue weighted by Crippen LogP contribution is -2.62. The number of aromatic hydroxyl groups is 2. The van der Waals surface area contributed by atoms with Crippen LogP contribution in [-0.2, 0) is 0 Å². The number of aliphatic hydroxyl groups is 2. The molecule has 0 aliphatic heterocycles. The van der Waals surface area contributed by atoms with Gasteiger partial charge < -0.3 is 25.4 Å². The molecule has 182 valence electrons. The van der Waals surface area contributed by atoms with Crippen LogP contribution in [0.2, 0.25) is 0 Å². The van der Waals surface area contributed by atoms with Gasteiger partial charge in [0.25, 0.3) is 5.56 Å². The van der Waals surface area contributed by atoms with Crippen molar-refractivity contribution in [3.05, 3.63) is 58.5 Å². The molecule has 7 nitrogen and oxygen atoms in total. The van der Waals surface area contributed by atoms with E-state index in [1.165, 1.54) is 18.3 Å². The molecule has 2 fully saturated rings. The highest BCUT2D eigenvalue weighted by molar-refractivity contribution is 6.02. The molecule has 1 aromatic heterocycles. The number of aromatic amines is 1. The number of carbonyl (C=O) groups excluding carboxylic acids is 1. The topological polar surface area (TPSA) is 131 Å². The minimum Gasteiger partial charge on any atom is -0.508 e. The van der Waals surface area contributed by atoms with Crippen molar-refractivity contribution in [2.24, 2.45) is 29.6 Å². The maximum atomic E-state index is 13.9. The van der Waals surface area contributed by atoms with Crippen LogP contribution in [0.1, 0.15) is 50.4 Å². The summed E-state index contributed by atoms with van der Waals surface area (Å²) in [6.45, 7) is 5.57. The molecule has 0 spiro atoms. The zero-order chi connectivity index (χ0) is 24.8. The first-order valence-corrected chi connectivity index (χ1v) is 11.9. The van der Waals surface area contributed by atoms with E-state index >= 15 is 0 Å². The van der Waals surface area contributed by atoms with Crippen molar-refractivity contribution in [3.8, 4) is 22.6 Å². The molecule has 34 heavy (non-hydrogen) atoms. The number of hydrogen-bond acceptors (Lipinski definition) is 6. The summed E-state index contributed by atoms with van der Waals surface area (Å²) < 4.78 is 0. The van der Waals surface area contributed by atoms with Gasteiger partial charge in [-0.2, -0.15) is 0 Å². The Morgan fingerprint density at radius 2 is 1.85 bits per heavy atom. The molecule has 1 heterocycles. The van der Waals surface area contributed by atoms with Gasteiger partial charge in [0.15, 0.2) is 5.78 Å². The van der Waals surface area contributed by atoms with Crippen LogP contribution in [0.4, 0.5) is 0 Å². The Labute approximate surface area is 198 Å². The molecule has 7 atom stereocenters. The van der Waals surface area contributed by atoms with E-state index in [0.717, 1.165) is 19.3 Å². The second-order valence-electron chi connectivity index (χ2n) is 10.2. The van der Waals surface area contributed by atoms with E-state index in [4.69, 9.17) is 0 Å². The number of pyridine rings is 1. The minimum atomic E-state index is -1.50. The summed E-state index contributed by atoms with van der Waals surface area (Å²) in [4.78, 5) is 29.2. The number of carbonyl (C=O) groups is 1. The fourth-order valence-corrected chi connectivity index (χ4v) is 6.22. The number of nitrogens with one attached hydrogen (secondary N) is 1. The summed E-state index contributed by atoms with van der Waals surface area (Å²) in [7, 11) is 0. The number of allylic oxidation sites excluding steroid dienone is 2. The standard InChI is InChI=1S/C27H33NO6/c1-4-5-17-18-12-14(2)6-11-20(18)27(3,34)25(32)21(17)24(31)22-23(30)19(13-28-26(22)33)15-7-9-16(29)10-8-15/h4-5,7-10,13-14,17-18,20-21,25,29,32,34H,6,11-12H2,1-3H3,(H2,28,30,33)/b5-4+/t14-,17+,18+,20-,21+,25-,27-/m0/s1. The van der Waals surface area contributed by atoms with Crippen molar-refractivity contribution in [1.29, 1.82) is 0 Å². The third-order valence-electron chi connectivity index (χ3n) is 7.97. The van der Waals surface area contributed by atoms with Crippen molar-refractivity contribution in [3.63, 3.8) is 0 Å². The van der Waals surface area contributed by atoms with Crippen molar-refractivity contribution < 1.29 is 25.2 Å². The maximum absolute atomic E-state index is 13.9. The maximum Gasteiger partial charge on any atom is 0.262 e. The first-order valence-electron chi connectivity index (χ1n) is 11.9. The third-order valence-corrected chi connectivity index (χ3v) is 7.97. The number of fused-ring (bicyclic) bond motifs is 1. The lowest BCUT2D eigenvalue weighted by molar-refractivity contribution is -0.183. The van der Waals surface area contributed by atoms with Gasteiger partial charge in [0, 0.05) is 11.8 Å². The number of aromatic nitrogens is 1. The average Bonchev–Trinajstić information content (AvgIpc) is 2.78. The van der Waals surface area contributed by atoms with Gasteiger partial charge in [-0.3, -0.25) is 9.59 Å². The Morgan fingerprint density at radius 3 is 2.50 bits per heavy atom. The summed E-state index contributed by atoms with van der Waals surface area (Å²) in [5.74, 6) is -2.37. The van der Waals surface area contributed by atoms with Crippen LogP contribution < -0.4 is 5.56 Å². The number of phenolic OH excluding ortho intramolecular Hbond substituents is 1. The zero-order valence-electron chi connectivity index (χ0n) is 19.7. The minimum absolute atomic E-state index is 0.0335. The molecule has 0 bridgehead atoms. The molecule has 7 heteroatoms. The molecule has 5 N–H and O–H groups in total. The fraction of sp³-hybridized carbons (Fsp3) is 0.481. The number of ketones is 1. The second kappa shape index (κ2) is 9.04. The Kier molecular flexibility index (Phi) is 6.44. The molecule has 2 aliphatic rings. The van der Waals surface area contributed by atoms with Crippen molar-refractivity contribution >= 4 is 5.78 Å². The summed E-state index contributed by atoms with van der Waals surface area (Å²) >= 11 is 0. The second-order valence-corrected chi connectivity index (χ2v) is 10.2. The van der Waals surface area contributed by atoms with Gasteiger partial charge in [0.05, 0.1) is 17.6 Å². The van der Waals surface area contributed by atoms with Gasteiger partial charge in [-0.1, -0.05) is 37.6 Å². The van der Waals surface area contributed by atoms with Crippen LogP contribution >= 0.6 is 0 Å². The van der Waals surface area contributed by atoms with E-state index in [9.17, 15) is 30.0 Å². The number of benzene rings is 1. The number of hydrogen-bond donors (Lipinski definition) is 5. The normalized spacial score (nSPS) is 33.6. The fourth-order valence-electron chi connectivity index (χ4n) is 6.22. The molecule has 0 saturated heterocycles. The van der Waals surface area contributed by atoms with E-state index in [1.54, 1.807) is 19.1 Å². The quantitative estimate of drug-likeness (QED) is 0.345. The number of aliphatic hydroxyl groups excluding tert-OH is 1. The molecule has 0 radical (unpaired) electrons. The molecule has 2 aromatic rings. The van der Waals surface area contributed by atoms with E-state index < -0.39 is 40.3 Å². The van der Waals surface area contributed by atoms with Crippen molar-refractivity contribution in [1.82, 2.24) is 4.98 Å². The van der Waals surface area contributed by atoms with Crippen LogP contribution in [0.5, 0.6) is 11.5 Å². The van der Waals surface area contributed by atoms with Gasteiger partial charge in [0.1, 0.15) is 17.1 Å². The number of rotatable bonds is 4. The number of H-pyrrole nitrogens is 1. The number of Topliss-reactive ketones (excluding diaryl/α,β-unsaturated/α-hetero) is 1. The third kappa shape index (κ3) is 3.97.